The van der Waals surface area contributed by atoms with Crippen LogP contribution in [0.25, 0.3) is 11.3 Å². The first-order chi connectivity index (χ1) is 16.0. The number of ether oxygens (including phenoxy) is 2. The topological polar surface area (TPSA) is 115 Å². The average Bonchev–Trinajstić information content (AvgIpc) is 2.81. The van der Waals surface area contributed by atoms with Crippen molar-refractivity contribution in [1.82, 2.24) is 30.3 Å². The fourth-order valence-electron chi connectivity index (χ4n) is 3.11. The molecule has 0 radical (unpaired) electrons. The van der Waals surface area contributed by atoms with Gasteiger partial charge in [-0.15, -0.1) is 0 Å². The number of likely N-dealkylation sites (N-methyl/N-ethyl adjacent to an activating group) is 1. The normalized spacial score (nSPS) is 14.2. The molecule has 1 fully saturated rings. The zero-order chi connectivity index (χ0) is 23.2. The second-order valence-corrected chi connectivity index (χ2v) is 7.32. The Morgan fingerprint density at radius 3 is 2.85 bits per heavy atom. The van der Waals surface area contributed by atoms with Crippen LogP contribution in [-0.2, 0) is 0 Å². The Hall–Kier alpha value is -3.99. The lowest BCUT2D eigenvalue weighted by Crippen LogP contribution is -2.51. The Morgan fingerprint density at radius 2 is 2.12 bits per heavy atom. The van der Waals surface area contributed by atoms with Gasteiger partial charge in [-0.25, -0.2) is 20.4 Å². The van der Waals surface area contributed by atoms with Crippen molar-refractivity contribution in [3.8, 4) is 22.9 Å². The fourth-order valence-corrected chi connectivity index (χ4v) is 3.11. The molecule has 11 heteroatoms. The van der Waals surface area contributed by atoms with Crippen molar-refractivity contribution < 1.29 is 18.7 Å². The lowest BCUT2D eigenvalue weighted by molar-refractivity contribution is 0.0384. The van der Waals surface area contributed by atoms with Gasteiger partial charge in [0.05, 0.1) is 42.7 Å². The predicted octanol–water partition coefficient (Wildman–Crippen LogP) is 1.93. The molecule has 1 amide bonds. The van der Waals surface area contributed by atoms with E-state index in [9.17, 15) is 9.18 Å². The van der Waals surface area contributed by atoms with E-state index < -0.39 is 11.9 Å². The molecule has 1 aliphatic heterocycles. The minimum atomic E-state index is -0.726. The number of hydrogen-bond donors (Lipinski definition) is 1. The third-order valence-electron chi connectivity index (χ3n) is 4.74. The fraction of sp³-hybridized carbons (Fsp3) is 0.273. The van der Waals surface area contributed by atoms with Crippen LogP contribution in [0.2, 0.25) is 0 Å². The number of amides is 1. The minimum absolute atomic E-state index is 0.0446. The van der Waals surface area contributed by atoms with Gasteiger partial charge in [0.25, 0.3) is 5.91 Å². The molecule has 0 atom stereocenters. The van der Waals surface area contributed by atoms with E-state index in [4.69, 9.17) is 9.47 Å². The Morgan fingerprint density at radius 1 is 1.27 bits per heavy atom. The summed E-state index contributed by atoms with van der Waals surface area (Å²) in [4.78, 5) is 30.7. The second kappa shape index (κ2) is 10.1. The van der Waals surface area contributed by atoms with E-state index in [1.54, 1.807) is 18.3 Å². The zero-order valence-corrected chi connectivity index (χ0v) is 18.1. The molecule has 0 saturated carbocycles. The highest BCUT2D eigenvalue weighted by atomic mass is 19.1. The van der Waals surface area contributed by atoms with Crippen molar-refractivity contribution in [2.24, 2.45) is 5.10 Å². The third kappa shape index (κ3) is 5.63. The monoisotopic (exact) mass is 451 g/mol. The first-order valence-electron chi connectivity index (χ1n) is 10.3. The number of rotatable bonds is 8. The second-order valence-electron chi connectivity index (χ2n) is 7.32. The summed E-state index contributed by atoms with van der Waals surface area (Å²) in [5, 5.41) is 3.81. The molecule has 0 bridgehead atoms. The van der Waals surface area contributed by atoms with Crippen molar-refractivity contribution in [1.29, 1.82) is 0 Å². The van der Waals surface area contributed by atoms with Gasteiger partial charge in [0, 0.05) is 30.9 Å². The molecular formula is C22H22FN7O3. The quantitative estimate of drug-likeness (QED) is 0.314. The molecule has 1 N–H and O–H groups in total. The lowest BCUT2D eigenvalue weighted by atomic mass is 10.2. The molecule has 0 aromatic carbocycles. The van der Waals surface area contributed by atoms with E-state index in [1.165, 1.54) is 24.7 Å². The number of pyridine rings is 2. The maximum absolute atomic E-state index is 14.0. The first-order valence-corrected chi connectivity index (χ1v) is 10.3. The summed E-state index contributed by atoms with van der Waals surface area (Å²) in [5.41, 5.74) is 3.58. The van der Waals surface area contributed by atoms with Crippen LogP contribution in [0.1, 0.15) is 23.0 Å². The number of carbonyl (C=O) groups is 1. The van der Waals surface area contributed by atoms with Crippen LogP contribution in [0, 0.1) is 5.95 Å². The number of carbonyl (C=O) groups excluding carboxylic acids is 1. The van der Waals surface area contributed by atoms with Gasteiger partial charge in [0.1, 0.15) is 17.5 Å². The Labute approximate surface area is 189 Å². The maximum atomic E-state index is 14.0. The molecule has 170 valence electrons. The highest BCUT2D eigenvalue weighted by Crippen LogP contribution is 2.19. The van der Waals surface area contributed by atoms with Crippen LogP contribution >= 0.6 is 0 Å². The molecule has 10 nitrogen and oxygen atoms in total. The smallest absolute Gasteiger partial charge is 0.291 e. The van der Waals surface area contributed by atoms with Crippen LogP contribution < -0.4 is 14.9 Å². The van der Waals surface area contributed by atoms with Crippen LogP contribution in [-0.4, -0.2) is 69.8 Å². The minimum Gasteiger partial charge on any atom is -0.486 e. The lowest BCUT2D eigenvalue weighted by Gasteiger charge is -2.35. The third-order valence-corrected chi connectivity index (χ3v) is 4.74. The van der Waals surface area contributed by atoms with Crippen molar-refractivity contribution in [3.05, 3.63) is 60.2 Å². The van der Waals surface area contributed by atoms with E-state index in [0.29, 0.717) is 29.5 Å². The summed E-state index contributed by atoms with van der Waals surface area (Å²) in [5.74, 6) is -0.396. The molecule has 4 heterocycles. The molecule has 1 aliphatic rings. The van der Waals surface area contributed by atoms with Gasteiger partial charge in [0.15, 0.2) is 0 Å². The Kier molecular flexibility index (Phi) is 6.79. The van der Waals surface area contributed by atoms with Crippen LogP contribution in [0.15, 0.2) is 48.1 Å². The van der Waals surface area contributed by atoms with Gasteiger partial charge in [-0.1, -0.05) is 0 Å². The van der Waals surface area contributed by atoms with Gasteiger partial charge in [-0.05, 0) is 26.1 Å². The van der Waals surface area contributed by atoms with Gasteiger partial charge in [-0.2, -0.15) is 9.49 Å². The number of aromatic nitrogens is 4. The number of likely N-dealkylation sites (tertiary alicyclic amines) is 1. The molecule has 33 heavy (non-hydrogen) atoms. The average molecular weight is 451 g/mol. The van der Waals surface area contributed by atoms with Gasteiger partial charge in [-0.3, -0.25) is 14.7 Å². The number of nitrogens with zero attached hydrogens (tertiary/aromatic N) is 6. The zero-order valence-electron chi connectivity index (χ0n) is 18.1. The molecule has 0 aliphatic carbocycles. The summed E-state index contributed by atoms with van der Waals surface area (Å²) in [6, 6.07) is 4.96. The van der Waals surface area contributed by atoms with Gasteiger partial charge in [0.2, 0.25) is 11.8 Å². The van der Waals surface area contributed by atoms with E-state index in [-0.39, 0.29) is 17.4 Å². The van der Waals surface area contributed by atoms with Crippen molar-refractivity contribution in [2.75, 3.05) is 26.7 Å². The molecule has 1 saturated heterocycles. The Balaban J connectivity index is 1.40. The number of hydrogen-bond acceptors (Lipinski definition) is 9. The van der Waals surface area contributed by atoms with Crippen LogP contribution in [0.5, 0.6) is 11.6 Å². The van der Waals surface area contributed by atoms with Crippen molar-refractivity contribution in [3.63, 3.8) is 0 Å². The summed E-state index contributed by atoms with van der Waals surface area (Å²) in [6.45, 7) is 3.97. The highest BCUT2D eigenvalue weighted by molar-refractivity contribution is 5.93. The summed E-state index contributed by atoms with van der Waals surface area (Å²) < 4.78 is 25.1. The largest absolute Gasteiger partial charge is 0.486 e. The molecule has 3 aromatic heterocycles. The van der Waals surface area contributed by atoms with Crippen LogP contribution in [0.3, 0.4) is 0 Å². The number of halogens is 1. The summed E-state index contributed by atoms with van der Waals surface area (Å²) in [7, 11) is 1.98. The molecule has 0 spiro atoms. The van der Waals surface area contributed by atoms with E-state index in [1.807, 2.05) is 14.0 Å². The van der Waals surface area contributed by atoms with E-state index in [2.05, 4.69) is 35.4 Å². The molecule has 4 rings (SSSR count). The van der Waals surface area contributed by atoms with Gasteiger partial charge >= 0.3 is 0 Å². The summed E-state index contributed by atoms with van der Waals surface area (Å²) >= 11 is 0. The standard InChI is InChI=1S/C22H22FN7O3/c1-3-32-20-5-4-14(7-25-20)18-10-24-11-19(28-18)22(31)29-27-8-15-6-16(9-26-21(15)23)33-17-12-30(2)13-17/h4-11,17H,3,12-13H2,1-2H3,(H,29,31)/b27-8+. The maximum Gasteiger partial charge on any atom is 0.291 e. The predicted molar refractivity (Wildman–Crippen MR) is 118 cm³/mol. The molecule has 3 aromatic rings. The number of nitrogens with one attached hydrogen (secondary N) is 1. The molecule has 0 unspecified atom stereocenters. The summed E-state index contributed by atoms with van der Waals surface area (Å²) in [6.07, 6.45) is 6.94. The van der Waals surface area contributed by atoms with Crippen molar-refractivity contribution in [2.45, 2.75) is 13.0 Å². The van der Waals surface area contributed by atoms with Crippen molar-refractivity contribution >= 4 is 12.1 Å². The Bertz CT molecular complexity index is 1150. The van der Waals surface area contributed by atoms with E-state index >= 15 is 0 Å². The SMILES string of the molecule is CCOc1ccc(-c2cncc(C(=O)N/N=C/c3cc(OC4CN(C)C4)cnc3F)n2)cn1. The first kappa shape index (κ1) is 22.2. The van der Waals surface area contributed by atoms with Gasteiger partial charge < -0.3 is 9.47 Å². The van der Waals surface area contributed by atoms with E-state index in [0.717, 1.165) is 19.3 Å². The molecular weight excluding hydrogens is 429 g/mol. The van der Waals surface area contributed by atoms with Crippen LogP contribution in [0.4, 0.5) is 4.39 Å². The number of hydrazone groups is 1. The highest BCUT2D eigenvalue weighted by Gasteiger charge is 2.25.